The summed E-state index contributed by atoms with van der Waals surface area (Å²) in [5, 5.41) is 4.15. The third-order valence-corrected chi connectivity index (χ3v) is 11.2. The van der Waals surface area contributed by atoms with Crippen molar-refractivity contribution in [1.82, 2.24) is 0 Å². The van der Waals surface area contributed by atoms with E-state index in [9.17, 15) is 0 Å². The predicted molar refractivity (Wildman–Crippen MR) is 184 cm³/mol. The Labute approximate surface area is 257 Å². The van der Waals surface area contributed by atoms with Crippen LogP contribution >= 0.6 is 11.3 Å². The summed E-state index contributed by atoms with van der Waals surface area (Å²) in [5.41, 5.74) is 11.1. The third kappa shape index (κ3) is 4.02. The van der Waals surface area contributed by atoms with Crippen LogP contribution in [0.4, 0.5) is 0 Å². The van der Waals surface area contributed by atoms with Gasteiger partial charge in [-0.2, -0.15) is 0 Å². The zero-order valence-electron chi connectivity index (χ0n) is 24.0. The first-order valence-corrected chi connectivity index (χ1v) is 16.4. The first-order valence-electron chi connectivity index (χ1n) is 15.6. The van der Waals surface area contributed by atoms with Gasteiger partial charge in [0.1, 0.15) is 0 Å². The topological polar surface area (TPSA) is 0 Å². The van der Waals surface area contributed by atoms with E-state index in [0.717, 1.165) is 19.3 Å². The number of rotatable bonds is 3. The van der Waals surface area contributed by atoms with Crippen LogP contribution in [0.1, 0.15) is 40.0 Å². The van der Waals surface area contributed by atoms with Crippen LogP contribution in [-0.4, -0.2) is 0 Å². The molecule has 0 fully saturated rings. The summed E-state index contributed by atoms with van der Waals surface area (Å²) in [6.07, 6.45) is 31.2. The Bertz CT molecular complexity index is 2170. The highest BCUT2D eigenvalue weighted by Crippen LogP contribution is 2.45. The molecule has 4 aromatic rings. The maximum Gasteiger partial charge on any atom is 0.0427 e. The lowest BCUT2D eigenvalue weighted by Crippen LogP contribution is -2.40. The standard InChI is InChI=1S/C42H32S/c1-2-12-28-25-30(24-23-27(28)11-1)29-13-9-14-31(26-29)40-33-16-3-5-18-35(33)41(36-19-6-4-17-34(36)40)38-21-10-20-37-32-15-7-8-22-39(32)43-42(37)38/h1-7,9-21,24-27,33,35H,8,22-23H2. The average molecular weight is 569 g/mol. The first kappa shape index (κ1) is 25.1. The average Bonchev–Trinajstić information content (AvgIpc) is 3.46. The highest BCUT2D eigenvalue weighted by molar-refractivity contribution is 7.19. The molecule has 0 nitrogen and oxygen atoms in total. The SMILES string of the molecule is C1=CC2=CC(c3cccc(C4=c5ccccc5=C(c5cccc6c7c(sc56)CCC=C7)C5C=CC=CC45)c3)=CCC2C=C1. The lowest BCUT2D eigenvalue weighted by Gasteiger charge is -2.33. The summed E-state index contributed by atoms with van der Waals surface area (Å²) in [5.74, 6) is 1.08. The molecule has 5 aliphatic rings. The molecular weight excluding hydrogens is 537 g/mol. The second kappa shape index (κ2) is 10.1. The maximum absolute atomic E-state index is 2.45. The fourth-order valence-corrected chi connectivity index (χ4v) is 9.19. The van der Waals surface area contributed by atoms with E-state index in [2.05, 4.69) is 140 Å². The van der Waals surface area contributed by atoms with Gasteiger partial charge < -0.3 is 0 Å². The Morgan fingerprint density at radius 3 is 2.40 bits per heavy atom. The quantitative estimate of drug-likeness (QED) is 0.231. The Balaban J connectivity index is 1.27. The summed E-state index contributed by atoms with van der Waals surface area (Å²) >= 11 is 2.02. The molecule has 5 aliphatic carbocycles. The second-order valence-electron chi connectivity index (χ2n) is 12.2. The smallest absolute Gasteiger partial charge is 0.0427 e. The fourth-order valence-electron chi connectivity index (χ4n) is 7.86. The van der Waals surface area contributed by atoms with Crippen molar-refractivity contribution in [3.8, 4) is 0 Å². The van der Waals surface area contributed by atoms with Gasteiger partial charge in [0.2, 0.25) is 0 Å². The van der Waals surface area contributed by atoms with Crippen LogP contribution in [0.2, 0.25) is 0 Å². The van der Waals surface area contributed by atoms with E-state index in [-0.39, 0.29) is 11.8 Å². The molecule has 1 heteroatoms. The van der Waals surface area contributed by atoms with Crippen molar-refractivity contribution in [2.24, 2.45) is 17.8 Å². The zero-order chi connectivity index (χ0) is 28.3. The van der Waals surface area contributed by atoms with E-state index in [1.54, 1.807) is 0 Å². The molecular formula is C42H32S. The van der Waals surface area contributed by atoms with Gasteiger partial charge in [0.05, 0.1) is 0 Å². The van der Waals surface area contributed by atoms with Crippen molar-refractivity contribution in [1.29, 1.82) is 0 Å². The molecule has 0 N–H and O–H groups in total. The minimum absolute atomic E-state index is 0.282. The molecule has 0 saturated heterocycles. The van der Waals surface area contributed by atoms with Gasteiger partial charge >= 0.3 is 0 Å². The van der Waals surface area contributed by atoms with Gasteiger partial charge in [-0.05, 0) is 80.3 Å². The zero-order valence-corrected chi connectivity index (χ0v) is 24.9. The van der Waals surface area contributed by atoms with E-state index in [1.807, 2.05) is 11.3 Å². The molecule has 0 spiro atoms. The van der Waals surface area contributed by atoms with Crippen LogP contribution in [0.15, 0.2) is 139 Å². The van der Waals surface area contributed by atoms with Gasteiger partial charge in [-0.15, -0.1) is 11.3 Å². The van der Waals surface area contributed by atoms with Crippen molar-refractivity contribution in [2.45, 2.75) is 19.3 Å². The third-order valence-electron chi connectivity index (χ3n) is 9.84. The Hall–Kier alpha value is -4.46. The molecule has 0 saturated carbocycles. The van der Waals surface area contributed by atoms with Gasteiger partial charge in [-0.25, -0.2) is 0 Å². The molecule has 43 heavy (non-hydrogen) atoms. The highest BCUT2D eigenvalue weighted by Gasteiger charge is 2.33. The van der Waals surface area contributed by atoms with Crippen LogP contribution in [0, 0.1) is 17.8 Å². The highest BCUT2D eigenvalue weighted by atomic mass is 32.1. The summed E-state index contributed by atoms with van der Waals surface area (Å²) < 4.78 is 1.44. The van der Waals surface area contributed by atoms with E-state index in [4.69, 9.17) is 0 Å². The molecule has 0 bridgehead atoms. The minimum Gasteiger partial charge on any atom is -0.139 e. The van der Waals surface area contributed by atoms with E-state index >= 15 is 0 Å². The molecule has 0 radical (unpaired) electrons. The molecule has 0 amide bonds. The van der Waals surface area contributed by atoms with Crippen LogP contribution in [0.5, 0.6) is 0 Å². The van der Waals surface area contributed by atoms with Crippen LogP contribution in [0.25, 0.3) is 32.9 Å². The van der Waals surface area contributed by atoms with Crippen LogP contribution in [-0.2, 0) is 6.42 Å². The van der Waals surface area contributed by atoms with Crippen molar-refractivity contribution < 1.29 is 0 Å². The number of aryl methyl sites for hydroxylation is 1. The van der Waals surface area contributed by atoms with E-state index in [0.29, 0.717) is 5.92 Å². The van der Waals surface area contributed by atoms with Gasteiger partial charge in [0.25, 0.3) is 0 Å². The molecule has 0 aliphatic heterocycles. The Kier molecular flexibility index (Phi) is 5.87. The lowest BCUT2D eigenvalue weighted by atomic mass is 9.70. The van der Waals surface area contributed by atoms with Crippen molar-refractivity contribution in [3.63, 3.8) is 0 Å². The van der Waals surface area contributed by atoms with Gasteiger partial charge in [0.15, 0.2) is 0 Å². The summed E-state index contributed by atoms with van der Waals surface area (Å²) in [6, 6.07) is 25.4. The summed E-state index contributed by atoms with van der Waals surface area (Å²) in [6.45, 7) is 0. The minimum atomic E-state index is 0.282. The molecule has 3 aromatic carbocycles. The number of thiophene rings is 1. The van der Waals surface area contributed by atoms with Crippen LogP contribution in [0.3, 0.4) is 0 Å². The summed E-state index contributed by atoms with van der Waals surface area (Å²) in [4.78, 5) is 1.53. The van der Waals surface area contributed by atoms with Gasteiger partial charge in [-0.3, -0.25) is 0 Å². The van der Waals surface area contributed by atoms with E-state index in [1.165, 1.54) is 69.9 Å². The van der Waals surface area contributed by atoms with Crippen molar-refractivity contribution in [3.05, 3.63) is 177 Å². The molecule has 9 rings (SSSR count). The molecule has 3 unspecified atom stereocenters. The molecule has 1 aromatic heterocycles. The largest absolute Gasteiger partial charge is 0.139 e. The number of hydrogen-bond acceptors (Lipinski definition) is 1. The van der Waals surface area contributed by atoms with E-state index < -0.39 is 0 Å². The number of hydrogen-bond donors (Lipinski definition) is 0. The summed E-state index contributed by atoms with van der Waals surface area (Å²) in [7, 11) is 0. The van der Waals surface area contributed by atoms with Gasteiger partial charge in [0, 0.05) is 32.7 Å². The predicted octanol–water partition coefficient (Wildman–Crippen LogP) is 9.09. The Morgan fingerprint density at radius 2 is 1.49 bits per heavy atom. The Morgan fingerprint density at radius 1 is 0.698 bits per heavy atom. The molecule has 206 valence electrons. The monoisotopic (exact) mass is 568 g/mol. The lowest BCUT2D eigenvalue weighted by molar-refractivity contribution is 0.687. The number of fused-ring (bicyclic) bond motifs is 6. The normalized spacial score (nSPS) is 23.0. The first-order chi connectivity index (χ1) is 21.3. The second-order valence-corrected chi connectivity index (χ2v) is 13.3. The molecule has 1 heterocycles. The number of allylic oxidation sites excluding steroid dienone is 13. The number of benzene rings is 3. The maximum atomic E-state index is 2.45. The van der Waals surface area contributed by atoms with Crippen molar-refractivity contribution in [2.75, 3.05) is 0 Å². The van der Waals surface area contributed by atoms with Crippen molar-refractivity contribution >= 4 is 44.2 Å². The molecule has 3 atom stereocenters. The van der Waals surface area contributed by atoms with Crippen LogP contribution < -0.4 is 10.4 Å². The fraction of sp³-hybridized carbons (Fsp3) is 0.143. The van der Waals surface area contributed by atoms with Gasteiger partial charge in [-0.1, -0.05) is 134 Å².